The van der Waals surface area contributed by atoms with Crippen molar-refractivity contribution in [1.82, 2.24) is 0 Å². The first kappa shape index (κ1) is 39.0. The summed E-state index contributed by atoms with van der Waals surface area (Å²) in [5.74, 6) is 0. The van der Waals surface area contributed by atoms with Gasteiger partial charge in [0.15, 0.2) is 0 Å². The van der Waals surface area contributed by atoms with Crippen LogP contribution in [0.15, 0.2) is 88.3 Å². The minimum absolute atomic E-state index is 0. The Labute approximate surface area is 306 Å². The van der Waals surface area contributed by atoms with Gasteiger partial charge in [0.05, 0.1) is 0 Å². The Bertz CT molecular complexity index is 1820. The summed E-state index contributed by atoms with van der Waals surface area (Å²) in [5.41, 5.74) is 12.1. The number of hydrogen-bond acceptors (Lipinski definition) is 0. The second-order valence-electron chi connectivity index (χ2n) is 17.2. The van der Waals surface area contributed by atoms with Crippen LogP contribution in [0.25, 0.3) is 11.1 Å². The summed E-state index contributed by atoms with van der Waals surface area (Å²) < 4.78 is 9.48. The van der Waals surface area contributed by atoms with Crippen LogP contribution in [0.2, 0.25) is 6.25 Å². The molecule has 2 atom stereocenters. The van der Waals surface area contributed by atoms with Crippen molar-refractivity contribution in [1.29, 1.82) is 0 Å². The van der Waals surface area contributed by atoms with Crippen LogP contribution in [0.4, 0.5) is 0 Å². The molecule has 2 aromatic carbocycles. The average molecular weight is 763 g/mol. The number of rotatable bonds is 6. The quantitative estimate of drug-likeness (QED) is 0.235. The van der Waals surface area contributed by atoms with Crippen LogP contribution in [0.3, 0.4) is 0 Å². The Morgan fingerprint density at radius 2 is 1.25 bits per heavy atom. The van der Waals surface area contributed by atoms with Gasteiger partial charge >= 0.3 is 283 Å². The van der Waals surface area contributed by atoms with Gasteiger partial charge in [-0.25, -0.2) is 0 Å². The fourth-order valence-electron chi connectivity index (χ4n) is 11.1. The van der Waals surface area contributed by atoms with Crippen LogP contribution in [-0.2, 0) is 35.5 Å². The number of halogens is 2. The molecule has 3 heteroatoms. The number of hydrogen-bond donors (Lipinski definition) is 0. The predicted octanol–water partition coefficient (Wildman–Crippen LogP) is 13.1. The Balaban J connectivity index is 0.00000260. The zero-order valence-corrected chi connectivity index (χ0v) is 35.4. The van der Waals surface area contributed by atoms with Crippen molar-refractivity contribution in [2.75, 3.05) is 0 Å². The number of aryl methyl sites for hydroxylation is 1. The maximum absolute atomic E-state index is 6.12. The Morgan fingerprint density at radius 1 is 0.708 bits per heavy atom. The van der Waals surface area contributed by atoms with Crippen LogP contribution in [0, 0.1) is 13.8 Å². The summed E-state index contributed by atoms with van der Waals surface area (Å²) in [4.78, 5) is 0. The Kier molecular flexibility index (Phi) is 10.6. The molecule has 0 radical (unpaired) electrons. The van der Waals surface area contributed by atoms with Gasteiger partial charge in [0, 0.05) is 0 Å². The summed E-state index contributed by atoms with van der Waals surface area (Å²) in [6.07, 6.45) is 33.4. The second-order valence-corrected chi connectivity index (χ2v) is 32.1. The number of allylic oxidation sites excluding steroid dienone is 12. The van der Waals surface area contributed by atoms with Crippen LogP contribution >= 0.6 is 24.8 Å². The molecule has 6 rings (SSSR count). The molecule has 0 bridgehead atoms. The van der Waals surface area contributed by atoms with Crippen molar-refractivity contribution in [3.8, 4) is 11.1 Å². The van der Waals surface area contributed by atoms with Crippen LogP contribution in [0.1, 0.15) is 121 Å². The van der Waals surface area contributed by atoms with Gasteiger partial charge in [-0.15, -0.1) is 24.8 Å². The monoisotopic (exact) mass is 760 g/mol. The van der Waals surface area contributed by atoms with Crippen molar-refractivity contribution in [2.45, 2.75) is 125 Å². The maximum atomic E-state index is 6.12. The van der Waals surface area contributed by atoms with Gasteiger partial charge in [0.2, 0.25) is 0 Å². The number of benzene rings is 2. The van der Waals surface area contributed by atoms with E-state index in [4.69, 9.17) is 4.21 Å². The summed E-state index contributed by atoms with van der Waals surface area (Å²) >= 11 is -4.89. The summed E-state index contributed by atoms with van der Waals surface area (Å²) in [5, 5.41) is 0. The molecule has 2 aromatic rings. The van der Waals surface area contributed by atoms with E-state index < -0.39 is 18.3 Å². The van der Waals surface area contributed by atoms with E-state index >= 15 is 0 Å². The molecule has 0 heterocycles. The van der Waals surface area contributed by atoms with Gasteiger partial charge in [-0.1, -0.05) is 0 Å². The molecule has 258 valence electrons. The molecule has 0 spiro atoms. The molecule has 0 amide bonds. The van der Waals surface area contributed by atoms with Crippen molar-refractivity contribution in [3.05, 3.63) is 122 Å². The molecular weight excluding hydrogens is 703 g/mol. The van der Waals surface area contributed by atoms with Gasteiger partial charge in [-0.3, -0.25) is 0 Å². The van der Waals surface area contributed by atoms with E-state index in [0.717, 1.165) is 38.5 Å². The van der Waals surface area contributed by atoms with Gasteiger partial charge in [-0.05, 0) is 0 Å². The van der Waals surface area contributed by atoms with E-state index in [0.29, 0.717) is 0 Å². The molecular formula is C45H60Cl2Zr. The third-order valence-corrected chi connectivity index (χ3v) is 36.3. The third-order valence-electron chi connectivity index (χ3n) is 13.2. The van der Waals surface area contributed by atoms with Crippen molar-refractivity contribution < 1.29 is 18.3 Å². The summed E-state index contributed by atoms with van der Waals surface area (Å²) in [6.45, 7) is 24.2. The van der Waals surface area contributed by atoms with E-state index in [1.165, 1.54) is 38.9 Å². The molecule has 0 saturated heterocycles. The first-order valence-corrected chi connectivity index (χ1v) is 24.6. The average Bonchev–Trinajstić information content (AvgIpc) is 3.68. The fourth-order valence-corrected chi connectivity index (χ4v) is 35.9. The fraction of sp³-hybridized carbons (Fsp3) is 0.444. The molecule has 0 aliphatic heterocycles. The molecule has 4 aliphatic rings. The first-order chi connectivity index (χ1) is 21.6. The molecule has 0 aromatic heterocycles. The third kappa shape index (κ3) is 5.10. The van der Waals surface area contributed by atoms with E-state index in [1.54, 1.807) is 12.1 Å². The van der Waals surface area contributed by atoms with Crippen molar-refractivity contribution in [3.63, 3.8) is 0 Å². The van der Waals surface area contributed by atoms with Gasteiger partial charge < -0.3 is 0 Å². The number of fused-ring (bicyclic) bond motifs is 3. The molecule has 0 N–H and O–H groups in total. The van der Waals surface area contributed by atoms with Gasteiger partial charge in [0.25, 0.3) is 0 Å². The zero-order chi connectivity index (χ0) is 33.4. The first-order valence-electron chi connectivity index (χ1n) is 18.0. The van der Waals surface area contributed by atoms with Crippen LogP contribution < -0.4 is 3.27 Å². The van der Waals surface area contributed by atoms with Gasteiger partial charge in [-0.2, -0.15) is 0 Å². The zero-order valence-electron chi connectivity index (χ0n) is 31.3. The molecule has 2 unspecified atom stereocenters. The summed E-state index contributed by atoms with van der Waals surface area (Å²) in [6, 6.07) is 7.73. The Morgan fingerprint density at radius 3 is 1.69 bits per heavy atom. The van der Waals surface area contributed by atoms with E-state index in [2.05, 4.69) is 154 Å². The summed E-state index contributed by atoms with van der Waals surface area (Å²) in [7, 11) is 0. The molecule has 0 saturated carbocycles. The molecule has 0 fully saturated rings. The van der Waals surface area contributed by atoms with Crippen molar-refractivity contribution in [2.24, 2.45) is 0 Å². The molecule has 48 heavy (non-hydrogen) atoms. The molecule has 4 aliphatic carbocycles. The van der Waals surface area contributed by atoms with Crippen LogP contribution in [0.5, 0.6) is 0 Å². The SMILES string of the molecule is Cl.Cl.[CH2]=[Zr]([C]1=CC=CC1)([c]1c(C)c(C(C)(C)C)cc2c1Cc1cc(C)c(C(C)(C)C)cc1-2)([C]1(CC)C=CC=CC1)[C]1(CC)C=CC=CC1. The topological polar surface area (TPSA) is 0 Å². The van der Waals surface area contributed by atoms with E-state index in [-0.39, 0.29) is 41.9 Å². The Hall–Kier alpha value is -1.79. The standard InChI is InChI=1S/C23H29.2C8H11.C5H5.CH2.2ClH.Zr/c1-14-9-16-11-17-10-15(2)21(23(6,7)8)13-19(17)18(16)12-20(14)22(3,4)5;2*1-2-8-6-4-3-5-7-8;1-2-4-5-3-1;;;;/h9,12-13H,11H2,1-8H3;2*3-6H,2,7H2,1H3;1-3H,4H2;1H2;2*1H;. The second kappa shape index (κ2) is 13.1. The van der Waals surface area contributed by atoms with E-state index in [9.17, 15) is 0 Å². The molecule has 0 nitrogen and oxygen atoms in total. The van der Waals surface area contributed by atoms with Crippen molar-refractivity contribution >= 4 is 32.3 Å². The van der Waals surface area contributed by atoms with Crippen LogP contribution in [-0.4, -0.2) is 4.21 Å². The van der Waals surface area contributed by atoms with Gasteiger partial charge in [0.1, 0.15) is 0 Å². The predicted molar refractivity (Wildman–Crippen MR) is 216 cm³/mol. The minimum atomic E-state index is -4.89. The van der Waals surface area contributed by atoms with E-state index in [1.807, 2.05) is 0 Å². The normalized spacial score (nSPS) is 23.0.